The van der Waals surface area contributed by atoms with Gasteiger partial charge in [0, 0.05) is 23.7 Å². The zero-order chi connectivity index (χ0) is 25.6. The number of hydrogen-bond acceptors (Lipinski definition) is 6. The van der Waals surface area contributed by atoms with E-state index in [0.29, 0.717) is 18.0 Å². The van der Waals surface area contributed by atoms with Gasteiger partial charge in [-0.15, -0.1) is 0 Å². The van der Waals surface area contributed by atoms with Crippen molar-refractivity contribution >= 4 is 34.9 Å². The summed E-state index contributed by atoms with van der Waals surface area (Å²) >= 11 is 12.1. The van der Waals surface area contributed by atoms with Crippen LogP contribution in [0.2, 0.25) is 10.2 Å². The minimum atomic E-state index is -3.60. The van der Waals surface area contributed by atoms with Crippen LogP contribution in [0.15, 0.2) is 53.6 Å². The summed E-state index contributed by atoms with van der Waals surface area (Å²) in [4.78, 5) is 29.0. The molecule has 1 amide bonds. The molecule has 4 N–H and O–H groups in total. The highest BCUT2D eigenvalue weighted by atomic mass is 35.5. The lowest BCUT2D eigenvalue weighted by atomic mass is 10.0. The second kappa shape index (κ2) is 11.4. The minimum absolute atomic E-state index is 0.0401. The van der Waals surface area contributed by atoms with Gasteiger partial charge in [-0.25, -0.2) is 4.98 Å². The molecule has 0 fully saturated rings. The van der Waals surface area contributed by atoms with Crippen molar-refractivity contribution in [3.8, 4) is 0 Å². The van der Waals surface area contributed by atoms with Gasteiger partial charge in [0.2, 0.25) is 5.91 Å². The Bertz CT molecular complexity index is 1270. The molecular formula is C22H22Cl2F2N6O3. The number of anilines is 1. The van der Waals surface area contributed by atoms with E-state index in [-0.39, 0.29) is 16.4 Å². The summed E-state index contributed by atoms with van der Waals surface area (Å²) in [6, 6.07) is 8.84. The van der Waals surface area contributed by atoms with E-state index in [2.05, 4.69) is 15.6 Å². The Hall–Kier alpha value is -3.28. The molecule has 0 radical (unpaired) electrons. The Balaban J connectivity index is 1.70. The number of carbonyl (C=O) groups is 1. The summed E-state index contributed by atoms with van der Waals surface area (Å²) in [5, 5.41) is 16.9. The average Bonchev–Trinajstić information content (AvgIpc) is 2.81. The molecule has 3 rings (SSSR count). The SMILES string of the molecule is NCCc1ccc(Cl)cc1CNC(=O)Cn1c(Cl)cnc(NCC(F)(F)c2cccc[n+]2[O-])c1=O. The van der Waals surface area contributed by atoms with Crippen molar-refractivity contribution in [2.75, 3.05) is 18.4 Å². The summed E-state index contributed by atoms with van der Waals surface area (Å²) < 4.78 is 29.9. The molecule has 0 spiro atoms. The Morgan fingerprint density at radius 2 is 2.00 bits per heavy atom. The van der Waals surface area contributed by atoms with Gasteiger partial charge in [-0.2, -0.15) is 13.5 Å². The highest BCUT2D eigenvalue weighted by molar-refractivity contribution is 6.30. The summed E-state index contributed by atoms with van der Waals surface area (Å²) in [6.07, 6.45) is 2.59. The molecule has 0 aliphatic heterocycles. The van der Waals surface area contributed by atoms with Gasteiger partial charge in [-0.3, -0.25) is 14.2 Å². The Morgan fingerprint density at radius 1 is 1.23 bits per heavy atom. The van der Waals surface area contributed by atoms with E-state index in [1.54, 1.807) is 12.1 Å². The monoisotopic (exact) mass is 526 g/mol. The fourth-order valence-corrected chi connectivity index (χ4v) is 3.66. The largest absolute Gasteiger partial charge is 0.618 e. The van der Waals surface area contributed by atoms with E-state index in [1.807, 2.05) is 6.07 Å². The molecule has 35 heavy (non-hydrogen) atoms. The van der Waals surface area contributed by atoms with Gasteiger partial charge < -0.3 is 21.6 Å². The van der Waals surface area contributed by atoms with Crippen LogP contribution in [0.3, 0.4) is 0 Å². The minimum Gasteiger partial charge on any atom is -0.618 e. The molecule has 0 atom stereocenters. The summed E-state index contributed by atoms with van der Waals surface area (Å²) in [5.74, 6) is -4.60. The van der Waals surface area contributed by atoms with Crippen molar-refractivity contribution < 1.29 is 18.3 Å². The highest BCUT2D eigenvalue weighted by Crippen LogP contribution is 2.25. The molecule has 0 saturated heterocycles. The predicted octanol–water partition coefficient (Wildman–Crippen LogP) is 2.21. The first kappa shape index (κ1) is 26.3. The third-order valence-corrected chi connectivity index (χ3v) is 5.58. The van der Waals surface area contributed by atoms with Crippen molar-refractivity contribution in [1.82, 2.24) is 14.9 Å². The average molecular weight is 527 g/mol. The lowest BCUT2D eigenvalue weighted by Crippen LogP contribution is -2.41. The fourth-order valence-electron chi connectivity index (χ4n) is 3.28. The number of hydrogen-bond donors (Lipinski definition) is 3. The standard InChI is InChI=1S/C22H22Cl2F2N6O3/c23-16-5-4-14(6-7-27)15(9-16)10-28-19(33)12-31-18(24)11-29-20(21(31)34)30-13-22(25,26)17-3-1-2-8-32(17)35/h1-5,8-9,11H,6-7,10,12-13,27H2,(H,28,33)(H,29,30). The third kappa shape index (κ3) is 6.65. The van der Waals surface area contributed by atoms with Gasteiger partial charge in [0.25, 0.3) is 11.3 Å². The van der Waals surface area contributed by atoms with Crippen LogP contribution < -0.4 is 26.7 Å². The number of nitrogens with zero attached hydrogens (tertiary/aromatic N) is 3. The zero-order valence-corrected chi connectivity index (χ0v) is 19.8. The second-order valence-electron chi connectivity index (χ2n) is 7.52. The Labute approximate surface area is 209 Å². The van der Waals surface area contributed by atoms with Crippen LogP contribution in [0.1, 0.15) is 16.8 Å². The number of aromatic nitrogens is 3. The zero-order valence-electron chi connectivity index (χ0n) is 18.3. The van der Waals surface area contributed by atoms with Gasteiger partial charge in [0.05, 0.1) is 12.7 Å². The first-order valence-corrected chi connectivity index (χ1v) is 11.2. The molecule has 0 bridgehead atoms. The van der Waals surface area contributed by atoms with E-state index >= 15 is 0 Å². The summed E-state index contributed by atoms with van der Waals surface area (Å²) in [7, 11) is 0. The van der Waals surface area contributed by atoms with Crippen LogP contribution in [0.5, 0.6) is 0 Å². The van der Waals surface area contributed by atoms with Crippen molar-refractivity contribution in [1.29, 1.82) is 0 Å². The molecule has 13 heteroatoms. The van der Waals surface area contributed by atoms with Gasteiger partial charge >= 0.3 is 5.92 Å². The maximum absolute atomic E-state index is 14.5. The van der Waals surface area contributed by atoms with Crippen molar-refractivity contribution in [3.63, 3.8) is 0 Å². The van der Waals surface area contributed by atoms with E-state index < -0.39 is 42.0 Å². The number of amides is 1. The first-order valence-electron chi connectivity index (χ1n) is 10.4. The van der Waals surface area contributed by atoms with E-state index in [0.717, 1.165) is 34.2 Å². The molecule has 2 heterocycles. The maximum Gasteiger partial charge on any atom is 0.347 e. The molecule has 186 valence electrons. The van der Waals surface area contributed by atoms with Gasteiger partial charge in [0.1, 0.15) is 11.7 Å². The van der Waals surface area contributed by atoms with Crippen molar-refractivity contribution in [2.45, 2.75) is 25.4 Å². The number of nitrogens with two attached hydrogens (primary N) is 1. The lowest BCUT2D eigenvalue weighted by molar-refractivity contribution is -0.624. The van der Waals surface area contributed by atoms with Gasteiger partial charge in [0.15, 0.2) is 12.0 Å². The molecule has 3 aromatic rings. The number of pyridine rings is 1. The van der Waals surface area contributed by atoms with Crippen molar-refractivity contribution in [2.24, 2.45) is 5.73 Å². The van der Waals surface area contributed by atoms with Crippen LogP contribution in [-0.2, 0) is 30.2 Å². The van der Waals surface area contributed by atoms with E-state index in [1.165, 1.54) is 12.1 Å². The van der Waals surface area contributed by atoms with Crippen LogP contribution in [0.4, 0.5) is 14.6 Å². The Morgan fingerprint density at radius 3 is 2.71 bits per heavy atom. The van der Waals surface area contributed by atoms with Crippen LogP contribution in [-0.4, -0.2) is 28.5 Å². The molecule has 0 saturated carbocycles. The molecular weight excluding hydrogens is 505 g/mol. The second-order valence-corrected chi connectivity index (χ2v) is 8.34. The topological polar surface area (TPSA) is 129 Å². The number of nitrogens with one attached hydrogen (secondary N) is 2. The van der Waals surface area contributed by atoms with Gasteiger partial charge in [-0.05, 0) is 42.3 Å². The highest BCUT2D eigenvalue weighted by Gasteiger charge is 2.39. The molecule has 0 unspecified atom stereocenters. The van der Waals surface area contributed by atoms with E-state index in [4.69, 9.17) is 28.9 Å². The summed E-state index contributed by atoms with van der Waals surface area (Å²) in [5.41, 5.74) is 5.63. The number of alkyl halides is 2. The quantitative estimate of drug-likeness (QED) is 0.274. The third-order valence-electron chi connectivity index (χ3n) is 5.04. The smallest absolute Gasteiger partial charge is 0.347 e. The predicted molar refractivity (Wildman–Crippen MR) is 127 cm³/mol. The molecule has 0 aliphatic rings. The van der Waals surface area contributed by atoms with Crippen LogP contribution in [0, 0.1) is 5.21 Å². The maximum atomic E-state index is 14.5. The van der Waals surface area contributed by atoms with Crippen LogP contribution >= 0.6 is 23.2 Å². The normalized spacial score (nSPS) is 11.3. The van der Waals surface area contributed by atoms with Gasteiger partial charge in [-0.1, -0.05) is 29.3 Å². The first-order chi connectivity index (χ1) is 16.6. The number of rotatable bonds is 10. The molecule has 1 aromatic carbocycles. The lowest BCUT2D eigenvalue weighted by Gasteiger charge is -2.17. The van der Waals surface area contributed by atoms with Crippen molar-refractivity contribution in [3.05, 3.63) is 91.3 Å². The fraction of sp³-hybridized carbons (Fsp3) is 0.273. The Kier molecular flexibility index (Phi) is 8.60. The molecule has 2 aromatic heterocycles. The molecule has 9 nitrogen and oxygen atoms in total. The van der Waals surface area contributed by atoms with Crippen LogP contribution in [0.25, 0.3) is 0 Å². The molecule has 0 aliphatic carbocycles. The number of halogens is 4. The van der Waals surface area contributed by atoms with E-state index in [9.17, 15) is 23.6 Å². The summed E-state index contributed by atoms with van der Waals surface area (Å²) in [6.45, 7) is -1.00. The number of carbonyl (C=O) groups excluding carboxylic acids is 1. The number of benzene rings is 1.